The van der Waals surface area contributed by atoms with Gasteiger partial charge < -0.3 is 18.9 Å². The molecule has 0 saturated heterocycles. The number of aryl methyl sites for hydroxylation is 1. The number of para-hydroxylation sites is 2. The Morgan fingerprint density at radius 1 is 0.269 bits per heavy atom. The van der Waals surface area contributed by atoms with Crippen molar-refractivity contribution < 1.29 is 4.11 Å². The monoisotopic (exact) mass is 1340 g/mol. The van der Waals surface area contributed by atoms with Crippen LogP contribution < -0.4 is 26.2 Å². The zero-order chi connectivity index (χ0) is 72.6. The molecule has 5 heteroatoms. The minimum atomic E-state index is -2.59. The van der Waals surface area contributed by atoms with Crippen molar-refractivity contribution in [1.29, 1.82) is 0 Å². The molecular weight excluding hydrogens is 1260 g/mol. The third kappa shape index (κ3) is 10.3. The number of hydrogen-bond donors (Lipinski definition) is 0. The predicted octanol–water partition coefficient (Wildman–Crippen LogP) is 24.9. The second-order valence-electron chi connectivity index (χ2n) is 30.2. The fourth-order valence-corrected chi connectivity index (χ4v) is 16.8. The minimum Gasteiger partial charge on any atom is -0.310 e. The summed E-state index contributed by atoms with van der Waals surface area (Å²) in [5.74, 6) is 0. The van der Waals surface area contributed by atoms with Crippen molar-refractivity contribution in [3.63, 3.8) is 0 Å². The van der Waals surface area contributed by atoms with Crippen LogP contribution in [-0.2, 0) is 10.8 Å². The summed E-state index contributed by atoms with van der Waals surface area (Å²) in [6.07, 6.45) is 0. The van der Waals surface area contributed by atoms with Gasteiger partial charge in [-0.2, -0.15) is 0 Å². The molecular formula is C99H77BN4. The van der Waals surface area contributed by atoms with Gasteiger partial charge in [0.25, 0.3) is 6.71 Å². The van der Waals surface area contributed by atoms with Crippen molar-refractivity contribution in [3.8, 4) is 78.1 Å². The summed E-state index contributed by atoms with van der Waals surface area (Å²) in [4.78, 5) is 4.97. The van der Waals surface area contributed by atoms with E-state index in [0.717, 1.165) is 172 Å². The predicted molar refractivity (Wildman–Crippen MR) is 444 cm³/mol. The van der Waals surface area contributed by atoms with Crippen LogP contribution in [0.3, 0.4) is 0 Å². The molecule has 4 nitrogen and oxygen atoms in total. The van der Waals surface area contributed by atoms with Crippen LogP contribution in [0, 0.1) is 6.85 Å². The van der Waals surface area contributed by atoms with Gasteiger partial charge >= 0.3 is 0 Å². The summed E-state index contributed by atoms with van der Waals surface area (Å²) >= 11 is 0. The smallest absolute Gasteiger partial charge is 0.252 e. The topological polar surface area (TPSA) is 16.3 Å². The van der Waals surface area contributed by atoms with E-state index in [4.69, 9.17) is 0 Å². The van der Waals surface area contributed by atoms with Crippen LogP contribution in [0.25, 0.3) is 122 Å². The molecule has 0 saturated carbocycles. The van der Waals surface area contributed by atoms with Gasteiger partial charge in [0, 0.05) is 82.0 Å². The lowest BCUT2D eigenvalue weighted by Gasteiger charge is -2.46. The lowest BCUT2D eigenvalue weighted by molar-refractivity contribution is 0.590. The maximum absolute atomic E-state index is 9.96. The van der Waals surface area contributed by atoms with Gasteiger partial charge in [0.2, 0.25) is 0 Å². The summed E-state index contributed by atoms with van der Waals surface area (Å²) in [5.41, 5.74) is 29.8. The van der Waals surface area contributed by atoms with Crippen molar-refractivity contribution in [1.82, 2.24) is 9.13 Å². The van der Waals surface area contributed by atoms with Gasteiger partial charge in [0.15, 0.2) is 0 Å². The second kappa shape index (κ2) is 24.4. The number of fused-ring (bicyclic) bond motifs is 10. The van der Waals surface area contributed by atoms with Gasteiger partial charge in [0.1, 0.15) is 0 Å². The molecule has 0 N–H and O–H groups in total. The van der Waals surface area contributed by atoms with Crippen molar-refractivity contribution in [2.75, 3.05) is 9.80 Å². The molecule has 0 radical (unpaired) electrons. The van der Waals surface area contributed by atoms with Gasteiger partial charge in [-0.05, 0) is 192 Å². The molecule has 17 aromatic rings. The third-order valence-corrected chi connectivity index (χ3v) is 21.9. The summed E-state index contributed by atoms with van der Waals surface area (Å²) in [7, 11) is 0. The lowest BCUT2D eigenvalue weighted by atomic mass is 9.33. The highest BCUT2D eigenvalue weighted by Gasteiger charge is 2.46. The Labute approximate surface area is 614 Å². The molecule has 2 aromatic heterocycles. The van der Waals surface area contributed by atoms with Crippen LogP contribution in [0.15, 0.2) is 340 Å². The maximum atomic E-state index is 9.96. The average molecular weight is 1340 g/mol. The fraction of sp³-hybridized carbons (Fsp3) is 0.0909. The molecule has 0 amide bonds. The van der Waals surface area contributed by atoms with Crippen molar-refractivity contribution >= 4 is 101 Å². The molecule has 0 atom stereocenters. The van der Waals surface area contributed by atoms with E-state index < -0.39 is 13.6 Å². The van der Waals surface area contributed by atoms with E-state index in [1.807, 2.05) is 12.1 Å². The SMILES string of the molecule is [2H]C([2H])([2H])c1cc2c3c(c1)N(c1c(-c4ccccc4)cc(C(C)(C)C)cc1-c1ccccc1)c1cc(-n4c5ccccc5c5cc(-c6ccccc6)ccc54)ccc1B3c1ccc(-n3c4ccccc4c4cc(-c5ccccc5)ccc43)cc1N2c1c(-c2ccccc2)cc(C(C)(C)C)cc1-c1ccccc1. The number of hydrogen-bond acceptors (Lipinski definition) is 2. The van der Waals surface area contributed by atoms with Gasteiger partial charge in [-0.25, -0.2) is 0 Å². The molecule has 0 unspecified atom stereocenters. The number of benzene rings is 15. The Bertz CT molecular complexity index is 5870. The van der Waals surface area contributed by atoms with E-state index in [2.05, 4.69) is 388 Å². The Hall–Kier alpha value is -12.4. The first-order valence-corrected chi connectivity index (χ1v) is 36.3. The first kappa shape index (κ1) is 59.3. The van der Waals surface area contributed by atoms with Crippen molar-refractivity contribution in [2.24, 2.45) is 0 Å². The molecule has 0 aliphatic carbocycles. The highest BCUT2D eigenvalue weighted by molar-refractivity contribution is 7.00. The van der Waals surface area contributed by atoms with E-state index in [-0.39, 0.29) is 16.4 Å². The molecule has 2 aliphatic heterocycles. The Morgan fingerprint density at radius 2 is 0.587 bits per heavy atom. The van der Waals surface area contributed by atoms with E-state index in [1.165, 1.54) is 11.1 Å². The summed E-state index contributed by atoms with van der Waals surface area (Å²) in [6.45, 7) is 10.8. The Balaban J connectivity index is 0.980. The Morgan fingerprint density at radius 3 is 0.923 bits per heavy atom. The third-order valence-electron chi connectivity index (χ3n) is 21.9. The Kier molecular flexibility index (Phi) is 13.9. The number of aromatic nitrogens is 2. The number of anilines is 6. The normalized spacial score (nSPS) is 13.2. The molecule has 0 fully saturated rings. The number of rotatable bonds is 10. The average Bonchev–Trinajstić information content (AvgIpc) is 1.39. The van der Waals surface area contributed by atoms with Crippen LogP contribution in [0.5, 0.6) is 0 Å². The van der Waals surface area contributed by atoms with Gasteiger partial charge in [0.05, 0.1) is 33.4 Å². The van der Waals surface area contributed by atoms with Gasteiger partial charge in [-0.15, -0.1) is 0 Å². The molecule has 2 aliphatic rings. The van der Waals surface area contributed by atoms with Crippen LogP contribution in [0.4, 0.5) is 34.1 Å². The fourth-order valence-electron chi connectivity index (χ4n) is 16.8. The second-order valence-corrected chi connectivity index (χ2v) is 30.2. The molecule has 496 valence electrons. The highest BCUT2D eigenvalue weighted by Crippen LogP contribution is 2.55. The molecule has 19 rings (SSSR count). The van der Waals surface area contributed by atoms with E-state index in [1.54, 1.807) is 0 Å². The van der Waals surface area contributed by atoms with E-state index in [9.17, 15) is 4.11 Å². The summed E-state index contributed by atoms with van der Waals surface area (Å²) in [6, 6.07) is 124. The quantitative estimate of drug-likeness (QED) is 0.127. The molecule has 104 heavy (non-hydrogen) atoms. The lowest BCUT2D eigenvalue weighted by Crippen LogP contribution is -2.61. The van der Waals surface area contributed by atoms with Crippen LogP contribution in [-0.4, -0.2) is 15.8 Å². The number of nitrogens with zero attached hydrogens (tertiary/aromatic N) is 4. The van der Waals surface area contributed by atoms with Crippen LogP contribution in [0.2, 0.25) is 0 Å². The molecule has 0 bridgehead atoms. The van der Waals surface area contributed by atoms with Crippen LogP contribution >= 0.6 is 0 Å². The van der Waals surface area contributed by atoms with Gasteiger partial charge in [-0.1, -0.05) is 284 Å². The first-order chi connectivity index (χ1) is 52.0. The standard InChI is InChI=1S/C99H77BN4/c1-64-54-93-95-94(55-64)104(97-81(69-38-22-12-23-39-69)60-74(99(5,6)7)61-82(97)70-40-24-13-25-41-70)92-63-76(102-88-45-29-27-43-78(88)84-57-72(47-53-90(84)102)66-32-16-9-17-33-66)49-51-86(92)100(95)85-50-48-75(101-87-44-28-26-42-77(87)83-56-71(46-52-89(83)101)65-30-14-8-15-31-65)62-91(85)103(93)96-79(67-34-18-10-19-35-67)58-73(98(2,3)4)59-80(96)68-36-20-11-21-37-68/h8-63H,1-7H3/i1D3. The first-order valence-electron chi connectivity index (χ1n) is 37.8. The molecule has 15 aromatic carbocycles. The maximum Gasteiger partial charge on any atom is 0.252 e. The zero-order valence-corrected chi connectivity index (χ0v) is 59.2. The highest BCUT2D eigenvalue weighted by atomic mass is 15.2. The zero-order valence-electron chi connectivity index (χ0n) is 62.2. The largest absolute Gasteiger partial charge is 0.310 e. The molecule has 0 spiro atoms. The van der Waals surface area contributed by atoms with Crippen molar-refractivity contribution in [2.45, 2.75) is 59.2 Å². The van der Waals surface area contributed by atoms with Gasteiger partial charge in [-0.3, -0.25) is 0 Å². The van der Waals surface area contributed by atoms with E-state index >= 15 is 0 Å². The summed E-state index contributed by atoms with van der Waals surface area (Å²) in [5, 5.41) is 4.61. The van der Waals surface area contributed by atoms with Crippen LogP contribution in [0.1, 0.15) is 62.3 Å². The minimum absolute atomic E-state index is 0.232. The summed E-state index contributed by atoms with van der Waals surface area (Å²) < 4.78 is 34.7. The molecule has 4 heterocycles. The van der Waals surface area contributed by atoms with Crippen molar-refractivity contribution in [3.05, 3.63) is 356 Å². The van der Waals surface area contributed by atoms with E-state index in [0.29, 0.717) is 0 Å².